The number of carbonyl (C=O) groups excluding carboxylic acids is 2. The molecule has 0 unspecified atom stereocenters. The molecule has 0 radical (unpaired) electrons. The average Bonchev–Trinajstić information content (AvgIpc) is 3.42. The molecule has 3 heterocycles. The summed E-state index contributed by atoms with van der Waals surface area (Å²) in [5.41, 5.74) is 0. The van der Waals surface area contributed by atoms with E-state index in [4.69, 9.17) is 0 Å². The summed E-state index contributed by atoms with van der Waals surface area (Å²) in [7, 11) is 0. The van der Waals surface area contributed by atoms with Crippen molar-refractivity contribution in [3.05, 3.63) is 23.7 Å². The van der Waals surface area contributed by atoms with Crippen LogP contribution in [0.3, 0.4) is 0 Å². The Labute approximate surface area is 171 Å². The van der Waals surface area contributed by atoms with Gasteiger partial charge in [0.2, 0.25) is 11.8 Å². The van der Waals surface area contributed by atoms with E-state index >= 15 is 0 Å². The maximum atomic E-state index is 12.9. The van der Waals surface area contributed by atoms with Crippen molar-refractivity contribution in [2.75, 3.05) is 39.3 Å². The molecule has 156 valence electrons. The smallest absolute Gasteiger partial charge is 0.328 e. The van der Waals surface area contributed by atoms with Crippen LogP contribution in [0.5, 0.6) is 0 Å². The minimum atomic E-state index is -0.459. The van der Waals surface area contributed by atoms with Crippen LogP contribution in [-0.2, 0) is 9.59 Å². The highest BCUT2D eigenvalue weighted by Crippen LogP contribution is 2.56. The molecule has 2 bridgehead atoms. The fourth-order valence-electron chi connectivity index (χ4n) is 6.05. The van der Waals surface area contributed by atoms with Crippen molar-refractivity contribution >= 4 is 17.8 Å². The fraction of sp³-hybridized carbons (Fsp3) is 0.714. The number of nitrogens with zero attached hydrogens (tertiary/aromatic N) is 5. The van der Waals surface area contributed by atoms with E-state index in [1.165, 1.54) is 0 Å². The topological polar surface area (TPSA) is 89.5 Å². The van der Waals surface area contributed by atoms with E-state index in [0.29, 0.717) is 37.4 Å². The molecule has 8 nitrogen and oxygen atoms in total. The van der Waals surface area contributed by atoms with E-state index < -0.39 is 4.65 Å². The van der Waals surface area contributed by atoms with Gasteiger partial charge in [0.15, 0.2) is 0 Å². The van der Waals surface area contributed by atoms with Gasteiger partial charge in [-0.05, 0) is 56.6 Å². The number of hydrogen-bond acceptors (Lipinski definition) is 6. The van der Waals surface area contributed by atoms with E-state index in [0.717, 1.165) is 51.7 Å². The van der Waals surface area contributed by atoms with Crippen molar-refractivity contribution in [2.24, 2.45) is 23.7 Å². The number of unbranched alkanes of at least 4 members (excludes halogenated alkanes) is 1. The van der Waals surface area contributed by atoms with Crippen molar-refractivity contribution in [1.29, 1.82) is 0 Å². The molecule has 29 heavy (non-hydrogen) atoms. The van der Waals surface area contributed by atoms with Crippen LogP contribution in [0.1, 0.15) is 32.1 Å². The predicted octanol–water partition coefficient (Wildman–Crippen LogP) is 1.41. The minimum absolute atomic E-state index is 0.00787. The van der Waals surface area contributed by atoms with Crippen LogP contribution in [0, 0.1) is 28.9 Å². The Morgan fingerprint density at radius 3 is 2.17 bits per heavy atom. The molecule has 2 amide bonds. The van der Waals surface area contributed by atoms with Crippen molar-refractivity contribution in [2.45, 2.75) is 32.1 Å². The van der Waals surface area contributed by atoms with Gasteiger partial charge >= 0.3 is 5.95 Å². The van der Waals surface area contributed by atoms with E-state index in [9.17, 15) is 14.8 Å². The van der Waals surface area contributed by atoms with Crippen LogP contribution in [0.25, 0.3) is 0 Å². The number of imide groups is 1. The van der Waals surface area contributed by atoms with Crippen molar-refractivity contribution in [3.63, 3.8) is 0 Å². The van der Waals surface area contributed by atoms with E-state index in [2.05, 4.69) is 14.9 Å². The summed E-state index contributed by atoms with van der Waals surface area (Å²) >= 11 is 0. The molecule has 5 rings (SSSR count). The van der Waals surface area contributed by atoms with Gasteiger partial charge in [-0.3, -0.25) is 24.0 Å². The number of hydrogen-bond donors (Lipinski definition) is 0. The third kappa shape index (κ3) is 3.27. The zero-order valence-electron chi connectivity index (χ0n) is 16.8. The Morgan fingerprint density at radius 1 is 0.966 bits per heavy atom. The van der Waals surface area contributed by atoms with Gasteiger partial charge in [-0.2, -0.15) is 9.97 Å². The molecule has 2 aliphatic carbocycles. The van der Waals surface area contributed by atoms with Gasteiger partial charge in [-0.15, -0.1) is 0 Å². The van der Waals surface area contributed by atoms with Gasteiger partial charge in [-0.25, -0.2) is 0 Å². The van der Waals surface area contributed by atoms with Gasteiger partial charge in [0.25, 0.3) is 0 Å². The highest BCUT2D eigenvalue weighted by atomic mass is 16.5. The first kappa shape index (κ1) is 19.1. The number of aromatic nitrogens is 2. The summed E-state index contributed by atoms with van der Waals surface area (Å²) in [6.07, 6.45) is 8.34. The molecule has 0 spiro atoms. The van der Waals surface area contributed by atoms with Crippen molar-refractivity contribution < 1.29 is 9.59 Å². The van der Waals surface area contributed by atoms with Gasteiger partial charge in [0.1, 0.15) is 0 Å². The molecule has 2 saturated heterocycles. The predicted molar refractivity (Wildman–Crippen MR) is 107 cm³/mol. The summed E-state index contributed by atoms with van der Waals surface area (Å²) in [5, 5.41) is 12.9. The third-order valence-electron chi connectivity index (χ3n) is 7.60. The fourth-order valence-corrected chi connectivity index (χ4v) is 6.05. The SMILES string of the molecule is O=C1[C@@H]2[C@H]3CC[C@H](C3)[C@@H]2C(=O)N1CCCCN1CC[N+]([O-])(c2ncccn2)CC1. The molecule has 4 fully saturated rings. The quantitative estimate of drug-likeness (QED) is 0.311. The summed E-state index contributed by atoms with van der Waals surface area (Å²) in [6, 6.07) is 1.72. The van der Waals surface area contributed by atoms with Crippen LogP contribution < -0.4 is 4.65 Å². The van der Waals surface area contributed by atoms with Crippen molar-refractivity contribution in [3.8, 4) is 0 Å². The molecule has 8 heteroatoms. The average molecular weight is 399 g/mol. The zero-order chi connectivity index (χ0) is 20.0. The summed E-state index contributed by atoms with van der Waals surface area (Å²) in [4.78, 5) is 37.6. The van der Waals surface area contributed by atoms with Crippen LogP contribution in [0.15, 0.2) is 18.5 Å². The maximum absolute atomic E-state index is 12.9. The van der Waals surface area contributed by atoms with Gasteiger partial charge in [0.05, 0.1) is 24.9 Å². The first-order chi connectivity index (χ1) is 14.1. The normalized spacial score (nSPS) is 33.5. The lowest BCUT2D eigenvalue weighted by Crippen LogP contribution is -2.57. The van der Waals surface area contributed by atoms with Crippen molar-refractivity contribution in [1.82, 2.24) is 24.4 Å². The molecule has 0 aromatic carbocycles. The number of hydroxylamine groups is 2. The molecule has 1 aromatic rings. The van der Waals surface area contributed by atoms with E-state index in [-0.39, 0.29) is 23.7 Å². The zero-order valence-corrected chi connectivity index (χ0v) is 16.8. The van der Waals surface area contributed by atoms with Gasteiger partial charge in [-0.1, -0.05) is 0 Å². The standard InChI is InChI=1S/C21H29N5O3/c27-19-17-15-4-5-16(14-15)18(17)20(28)25(19)9-2-1-8-24-10-12-26(29,13-11-24)21-22-6-3-7-23-21/h3,6-7,15-18H,1-2,4-5,8-14H2/t15-,16+,17+,18-. The third-order valence-corrected chi connectivity index (χ3v) is 7.60. The molecule has 1 aromatic heterocycles. The summed E-state index contributed by atoms with van der Waals surface area (Å²) < 4.78 is -0.459. The molecular formula is C21H29N5O3. The lowest BCUT2D eigenvalue weighted by molar-refractivity contribution is -0.140. The van der Waals surface area contributed by atoms with E-state index in [1.807, 2.05) is 0 Å². The number of rotatable bonds is 6. The second kappa shape index (κ2) is 7.41. The lowest BCUT2D eigenvalue weighted by atomic mass is 9.81. The highest BCUT2D eigenvalue weighted by molar-refractivity contribution is 6.06. The summed E-state index contributed by atoms with van der Waals surface area (Å²) in [6.45, 7) is 3.80. The second-order valence-electron chi connectivity index (χ2n) is 9.15. The van der Waals surface area contributed by atoms with Gasteiger partial charge < -0.3 is 5.21 Å². The van der Waals surface area contributed by atoms with Crippen LogP contribution in [0.4, 0.5) is 5.95 Å². The largest absolute Gasteiger partial charge is 0.625 e. The summed E-state index contributed by atoms with van der Waals surface area (Å²) in [5.74, 6) is 1.44. The first-order valence-corrected chi connectivity index (χ1v) is 11.0. The Bertz CT molecular complexity index is 752. The molecular weight excluding hydrogens is 370 g/mol. The minimum Gasteiger partial charge on any atom is -0.625 e. The Hall–Kier alpha value is -1.90. The van der Waals surface area contributed by atoms with Crippen LogP contribution >= 0.6 is 0 Å². The number of amides is 2. The van der Waals surface area contributed by atoms with E-state index in [1.54, 1.807) is 23.4 Å². The number of fused-ring (bicyclic) bond motifs is 5. The molecule has 0 N–H and O–H groups in total. The Balaban J connectivity index is 1.07. The van der Waals surface area contributed by atoms with Gasteiger partial charge in [0, 0.05) is 32.0 Å². The monoisotopic (exact) mass is 399 g/mol. The number of quaternary nitrogens is 1. The highest BCUT2D eigenvalue weighted by Gasteiger charge is 2.60. The molecule has 4 atom stereocenters. The Morgan fingerprint density at radius 2 is 1.55 bits per heavy atom. The van der Waals surface area contributed by atoms with Crippen LogP contribution in [-0.4, -0.2) is 70.9 Å². The molecule has 2 aliphatic heterocycles. The molecule has 4 aliphatic rings. The Kier molecular flexibility index (Phi) is 4.88. The second-order valence-corrected chi connectivity index (χ2v) is 9.15. The number of likely N-dealkylation sites (tertiary alicyclic amines) is 1. The number of carbonyl (C=O) groups is 2. The number of piperazine rings is 1. The van der Waals surface area contributed by atoms with Crippen LogP contribution in [0.2, 0.25) is 0 Å². The first-order valence-electron chi connectivity index (χ1n) is 11.0. The maximum Gasteiger partial charge on any atom is 0.328 e. The lowest BCUT2D eigenvalue weighted by Gasteiger charge is -2.45. The molecule has 2 saturated carbocycles.